The zero-order valence-corrected chi connectivity index (χ0v) is 22.0. The fourth-order valence-electron chi connectivity index (χ4n) is 5.90. The molecule has 1 aliphatic carbocycles. The Morgan fingerprint density at radius 1 is 1.07 bits per heavy atom. The van der Waals surface area contributed by atoms with Gasteiger partial charge in [0.1, 0.15) is 0 Å². The lowest BCUT2D eigenvalue weighted by molar-refractivity contribution is -0.132. The summed E-state index contributed by atoms with van der Waals surface area (Å²) >= 11 is 0. The number of rotatable bonds is 5. The second-order valence-electron chi connectivity index (χ2n) is 11.3. The molecule has 0 bridgehead atoms. The summed E-state index contributed by atoms with van der Waals surface area (Å²) in [6.45, 7) is 5.69. The van der Waals surface area contributed by atoms with Crippen molar-refractivity contribution < 1.29 is 18.8 Å². The number of hydrogen-bond donors (Lipinski definition) is 1. The van der Waals surface area contributed by atoms with Crippen LogP contribution in [0.4, 0.5) is 15.9 Å². The molecular formula is C27H26FN9O3. The predicted molar refractivity (Wildman–Crippen MR) is 142 cm³/mol. The van der Waals surface area contributed by atoms with Crippen LogP contribution in [0.2, 0.25) is 0 Å². The number of anilines is 2. The van der Waals surface area contributed by atoms with Gasteiger partial charge in [-0.3, -0.25) is 14.4 Å². The molecule has 0 unspecified atom stereocenters. The lowest BCUT2D eigenvalue weighted by Gasteiger charge is -2.47. The molecule has 1 saturated carbocycles. The second-order valence-corrected chi connectivity index (χ2v) is 11.3. The number of ketones is 1. The summed E-state index contributed by atoms with van der Waals surface area (Å²) in [5.41, 5.74) is 0.0365. The molecule has 2 saturated heterocycles. The molecule has 4 aromatic rings. The maximum absolute atomic E-state index is 14.9. The van der Waals surface area contributed by atoms with E-state index in [1.807, 2.05) is 26.0 Å². The first kappa shape index (κ1) is 24.4. The summed E-state index contributed by atoms with van der Waals surface area (Å²) in [6.07, 6.45) is 8.53. The number of piperazine rings is 1. The maximum atomic E-state index is 14.9. The third-order valence-corrected chi connectivity index (χ3v) is 8.18. The third-order valence-electron chi connectivity index (χ3n) is 8.18. The summed E-state index contributed by atoms with van der Waals surface area (Å²) in [6, 6.07) is 3.71. The van der Waals surface area contributed by atoms with Gasteiger partial charge in [-0.05, 0) is 38.8 Å². The van der Waals surface area contributed by atoms with Crippen molar-refractivity contribution in [2.45, 2.75) is 32.2 Å². The van der Waals surface area contributed by atoms with Gasteiger partial charge in [-0.25, -0.2) is 19.0 Å². The van der Waals surface area contributed by atoms with Crippen molar-refractivity contribution in [3.05, 3.63) is 54.5 Å². The minimum atomic E-state index is -0.785. The van der Waals surface area contributed by atoms with Crippen molar-refractivity contribution in [3.8, 4) is 5.82 Å². The number of Topliss-reactive ketones (excluding diaryl/α,β-unsaturated/α-hetero) is 1. The van der Waals surface area contributed by atoms with E-state index in [1.165, 1.54) is 17.1 Å². The highest BCUT2D eigenvalue weighted by Gasteiger charge is 2.55. The van der Waals surface area contributed by atoms with Crippen molar-refractivity contribution in [1.82, 2.24) is 34.8 Å². The number of fused-ring (bicyclic) bond motifs is 1. The van der Waals surface area contributed by atoms with Gasteiger partial charge in [-0.2, -0.15) is 0 Å². The van der Waals surface area contributed by atoms with Gasteiger partial charge in [-0.1, -0.05) is 5.21 Å². The second kappa shape index (κ2) is 8.41. The Balaban J connectivity index is 1.15. The van der Waals surface area contributed by atoms with E-state index in [9.17, 15) is 18.8 Å². The number of aromatic amines is 1. The number of hydrogen-bond acceptors (Lipinski definition) is 8. The summed E-state index contributed by atoms with van der Waals surface area (Å²) in [4.78, 5) is 56.9. The first-order valence-electron chi connectivity index (χ1n) is 13.1. The SMILES string of the molecule is CC1(C)CN(c2cccnc2N2CCN(C(=O)C(=O)c3c[nH]c4c(-n5ccnn5)ncc(F)c34)C3(CC3)C2)C1=O. The van der Waals surface area contributed by atoms with Crippen molar-refractivity contribution in [2.24, 2.45) is 5.41 Å². The Bertz CT molecular complexity index is 1690. The van der Waals surface area contributed by atoms with Crippen molar-refractivity contribution in [2.75, 3.05) is 36.0 Å². The topological polar surface area (TPSA) is 133 Å². The number of H-pyrrole nitrogens is 1. The van der Waals surface area contributed by atoms with E-state index in [1.54, 1.807) is 22.2 Å². The highest BCUT2D eigenvalue weighted by Crippen LogP contribution is 2.47. The number of carbonyl (C=O) groups excluding carboxylic acids is 3. The average Bonchev–Trinajstić information content (AvgIpc) is 3.33. The van der Waals surface area contributed by atoms with Gasteiger partial charge in [0.2, 0.25) is 5.91 Å². The quantitative estimate of drug-likeness (QED) is 0.230. The van der Waals surface area contributed by atoms with Crippen molar-refractivity contribution in [1.29, 1.82) is 0 Å². The van der Waals surface area contributed by atoms with Crippen LogP contribution < -0.4 is 9.80 Å². The fraction of sp³-hybridized carbons (Fsp3) is 0.370. The molecule has 12 nitrogen and oxygen atoms in total. The Hall–Kier alpha value is -4.68. The predicted octanol–water partition coefficient (Wildman–Crippen LogP) is 2.11. The molecule has 4 aromatic heterocycles. The third kappa shape index (κ3) is 3.53. The number of β-lactam (4-membered cyclic amide) rings is 1. The smallest absolute Gasteiger partial charge is 0.295 e. The number of nitrogens with one attached hydrogen (secondary N) is 1. The first-order chi connectivity index (χ1) is 19.2. The fourth-order valence-corrected chi connectivity index (χ4v) is 5.90. The number of halogens is 1. The van der Waals surface area contributed by atoms with Crippen LogP contribution in [0.25, 0.3) is 16.7 Å². The Kier molecular flexibility index (Phi) is 5.12. The van der Waals surface area contributed by atoms with E-state index in [4.69, 9.17) is 0 Å². The molecule has 1 N–H and O–H groups in total. The zero-order chi connectivity index (χ0) is 27.8. The monoisotopic (exact) mass is 543 g/mol. The van der Waals surface area contributed by atoms with Crippen molar-refractivity contribution >= 4 is 40.0 Å². The van der Waals surface area contributed by atoms with Crippen LogP contribution in [0.1, 0.15) is 37.0 Å². The molecule has 3 fully saturated rings. The molecule has 7 rings (SSSR count). The minimum Gasteiger partial charge on any atom is -0.357 e. The summed E-state index contributed by atoms with van der Waals surface area (Å²) in [7, 11) is 0. The highest BCUT2D eigenvalue weighted by atomic mass is 19.1. The molecule has 0 radical (unpaired) electrons. The zero-order valence-electron chi connectivity index (χ0n) is 22.0. The molecule has 13 heteroatoms. The van der Waals surface area contributed by atoms with Gasteiger partial charge >= 0.3 is 0 Å². The highest BCUT2D eigenvalue weighted by molar-refractivity contribution is 6.45. The molecule has 3 aliphatic rings. The first-order valence-corrected chi connectivity index (χ1v) is 13.1. The van der Waals surface area contributed by atoms with Crippen LogP contribution in [0.15, 0.2) is 43.1 Å². The number of aromatic nitrogens is 6. The molecule has 40 heavy (non-hydrogen) atoms. The molecule has 2 aliphatic heterocycles. The summed E-state index contributed by atoms with van der Waals surface area (Å²) in [5.74, 6) is -1.15. The van der Waals surface area contributed by atoms with E-state index in [0.717, 1.165) is 24.7 Å². The Morgan fingerprint density at radius 3 is 2.60 bits per heavy atom. The minimum absolute atomic E-state index is 0.0115. The number of amides is 2. The lowest BCUT2D eigenvalue weighted by Crippen LogP contribution is -2.60. The standard InChI is InChI=1S/C27H26FN9O3/c1-26(2)14-35(25(26)40)18-4-3-7-29-22(18)34-10-11-36(27(15-34)5-6-27)24(39)21(38)16-12-30-20-19(16)17(28)13-31-23(20)37-9-8-32-33-37/h3-4,7-9,12-13,30H,5-6,10-11,14-15H2,1-2H3. The number of nitrogens with zero attached hydrogens (tertiary/aromatic N) is 8. The van der Waals surface area contributed by atoms with Crippen LogP contribution in [-0.4, -0.2) is 84.2 Å². The molecule has 2 amide bonds. The van der Waals surface area contributed by atoms with Crippen molar-refractivity contribution in [3.63, 3.8) is 0 Å². The molecule has 204 valence electrons. The lowest BCUT2D eigenvalue weighted by atomic mass is 9.82. The summed E-state index contributed by atoms with van der Waals surface area (Å²) < 4.78 is 16.3. The summed E-state index contributed by atoms with van der Waals surface area (Å²) in [5, 5.41) is 7.64. The van der Waals surface area contributed by atoms with E-state index in [2.05, 4.69) is 30.2 Å². The normalized spacial score (nSPS) is 19.3. The molecular weight excluding hydrogens is 517 g/mol. The molecule has 0 aromatic carbocycles. The van der Waals surface area contributed by atoms with Crippen LogP contribution >= 0.6 is 0 Å². The van der Waals surface area contributed by atoms with Crippen LogP contribution in [0.3, 0.4) is 0 Å². The average molecular weight is 544 g/mol. The van der Waals surface area contributed by atoms with E-state index in [0.29, 0.717) is 32.0 Å². The molecule has 0 atom stereocenters. The van der Waals surface area contributed by atoms with E-state index < -0.39 is 28.5 Å². The Labute approximate surface area is 227 Å². The number of carbonyl (C=O) groups is 3. The maximum Gasteiger partial charge on any atom is 0.295 e. The largest absolute Gasteiger partial charge is 0.357 e. The van der Waals surface area contributed by atoms with Crippen LogP contribution in [0.5, 0.6) is 0 Å². The molecule has 1 spiro atoms. The van der Waals surface area contributed by atoms with Crippen LogP contribution in [0, 0.1) is 11.2 Å². The van der Waals surface area contributed by atoms with Gasteiger partial charge in [0.25, 0.3) is 11.7 Å². The van der Waals surface area contributed by atoms with Gasteiger partial charge in [0.15, 0.2) is 17.5 Å². The number of pyridine rings is 2. The van der Waals surface area contributed by atoms with Gasteiger partial charge in [-0.15, -0.1) is 5.10 Å². The molecule has 6 heterocycles. The van der Waals surface area contributed by atoms with Crippen LogP contribution in [-0.2, 0) is 9.59 Å². The van der Waals surface area contributed by atoms with Gasteiger partial charge in [0.05, 0.1) is 51.7 Å². The van der Waals surface area contributed by atoms with E-state index in [-0.39, 0.29) is 28.2 Å². The van der Waals surface area contributed by atoms with Gasteiger partial charge < -0.3 is 19.7 Å². The Morgan fingerprint density at radius 2 is 1.90 bits per heavy atom. The van der Waals surface area contributed by atoms with E-state index >= 15 is 0 Å². The van der Waals surface area contributed by atoms with Gasteiger partial charge in [0, 0.05) is 38.6 Å².